The summed E-state index contributed by atoms with van der Waals surface area (Å²) in [4.78, 5) is 12.7. The molecule has 0 aliphatic carbocycles. The molecule has 1 atom stereocenters. The second-order valence-electron chi connectivity index (χ2n) is 8.61. The molecule has 0 aliphatic heterocycles. The van der Waals surface area contributed by atoms with Crippen molar-refractivity contribution in [2.24, 2.45) is 0 Å². The summed E-state index contributed by atoms with van der Waals surface area (Å²) in [6.07, 6.45) is 0.874. The van der Waals surface area contributed by atoms with Crippen molar-refractivity contribution in [1.29, 1.82) is 0 Å². The van der Waals surface area contributed by atoms with Crippen molar-refractivity contribution in [2.45, 2.75) is 59.0 Å². The fourth-order valence-electron chi connectivity index (χ4n) is 3.90. The summed E-state index contributed by atoms with van der Waals surface area (Å²) < 4.78 is 1.98. The predicted molar refractivity (Wildman–Crippen MR) is 118 cm³/mol. The third-order valence-electron chi connectivity index (χ3n) is 5.40. The van der Waals surface area contributed by atoms with E-state index in [1.807, 2.05) is 41.9 Å². The Hall–Kier alpha value is -2.88. The van der Waals surface area contributed by atoms with Crippen LogP contribution in [0.15, 0.2) is 60.7 Å². The van der Waals surface area contributed by atoms with Crippen LogP contribution in [-0.4, -0.2) is 21.7 Å². The first-order valence-electron chi connectivity index (χ1n) is 10.2. The van der Waals surface area contributed by atoms with Crippen LogP contribution in [0.5, 0.6) is 0 Å². The van der Waals surface area contributed by atoms with Crippen LogP contribution in [0.2, 0.25) is 0 Å². The molecule has 1 amide bonds. The largest absolute Gasteiger partial charge is 0.350 e. The van der Waals surface area contributed by atoms with E-state index in [1.54, 1.807) is 0 Å². The highest BCUT2D eigenvalue weighted by Gasteiger charge is 2.24. The van der Waals surface area contributed by atoms with Crippen LogP contribution in [0.25, 0.3) is 0 Å². The smallest absolute Gasteiger partial charge is 0.251 e. The number of hydrogen-bond acceptors (Lipinski definition) is 2. The van der Waals surface area contributed by atoms with Crippen molar-refractivity contribution in [3.8, 4) is 0 Å². The molecule has 0 radical (unpaired) electrons. The molecule has 0 aliphatic rings. The molecular formula is C25H31N3O. The summed E-state index contributed by atoms with van der Waals surface area (Å²) in [5.41, 5.74) is 5.26. The molecule has 4 heteroatoms. The monoisotopic (exact) mass is 389 g/mol. The van der Waals surface area contributed by atoms with Gasteiger partial charge in [0.25, 0.3) is 5.91 Å². The number of hydrogen-bond donors (Lipinski definition) is 1. The molecule has 1 aromatic heterocycles. The second-order valence-corrected chi connectivity index (χ2v) is 8.61. The lowest BCUT2D eigenvalue weighted by Crippen LogP contribution is -2.37. The van der Waals surface area contributed by atoms with Crippen LogP contribution >= 0.6 is 0 Å². The second kappa shape index (κ2) is 8.64. The lowest BCUT2D eigenvalue weighted by atomic mass is 9.79. The molecule has 0 saturated carbocycles. The molecule has 0 spiro atoms. The van der Waals surface area contributed by atoms with Gasteiger partial charge in [0, 0.05) is 17.3 Å². The van der Waals surface area contributed by atoms with Gasteiger partial charge in [-0.05, 0) is 61.9 Å². The Balaban J connectivity index is 1.59. The van der Waals surface area contributed by atoms with Crippen molar-refractivity contribution in [3.63, 3.8) is 0 Å². The quantitative estimate of drug-likeness (QED) is 0.616. The minimum atomic E-state index is -0.0287. The number of carbonyl (C=O) groups excluding carboxylic acids is 1. The third kappa shape index (κ3) is 5.35. The SMILES string of the molecule is Cc1cc(C)n(Cc2ccc(C(=O)N[C@H](C)CC(C)(C)c3ccccc3)cc2)n1. The summed E-state index contributed by atoms with van der Waals surface area (Å²) in [5.74, 6) is -0.0287. The van der Waals surface area contributed by atoms with E-state index in [2.05, 4.69) is 68.4 Å². The highest BCUT2D eigenvalue weighted by atomic mass is 16.1. The lowest BCUT2D eigenvalue weighted by molar-refractivity contribution is 0.0934. The van der Waals surface area contributed by atoms with E-state index >= 15 is 0 Å². The normalized spacial score (nSPS) is 12.6. The van der Waals surface area contributed by atoms with Crippen LogP contribution < -0.4 is 5.32 Å². The van der Waals surface area contributed by atoms with Gasteiger partial charge in [-0.15, -0.1) is 0 Å². The number of aromatic nitrogens is 2. The Morgan fingerprint density at radius 2 is 1.72 bits per heavy atom. The van der Waals surface area contributed by atoms with Gasteiger partial charge in [-0.25, -0.2) is 0 Å². The topological polar surface area (TPSA) is 46.9 Å². The number of benzene rings is 2. The van der Waals surface area contributed by atoms with E-state index < -0.39 is 0 Å². The summed E-state index contributed by atoms with van der Waals surface area (Å²) >= 11 is 0. The van der Waals surface area contributed by atoms with Crippen LogP contribution in [0, 0.1) is 13.8 Å². The van der Waals surface area contributed by atoms with Gasteiger partial charge in [0.05, 0.1) is 12.2 Å². The first kappa shape index (κ1) is 20.8. The first-order valence-corrected chi connectivity index (χ1v) is 10.2. The molecule has 152 valence electrons. The number of carbonyl (C=O) groups is 1. The third-order valence-corrected chi connectivity index (χ3v) is 5.40. The molecule has 0 fully saturated rings. The Bertz CT molecular complexity index is 955. The van der Waals surface area contributed by atoms with Crippen molar-refractivity contribution in [1.82, 2.24) is 15.1 Å². The molecule has 3 rings (SSSR count). The molecule has 1 heterocycles. The number of rotatable bonds is 7. The van der Waals surface area contributed by atoms with E-state index in [1.165, 1.54) is 5.56 Å². The number of amides is 1. The molecule has 2 aromatic carbocycles. The van der Waals surface area contributed by atoms with Gasteiger partial charge in [-0.2, -0.15) is 5.10 Å². The molecule has 3 aromatic rings. The van der Waals surface area contributed by atoms with Gasteiger partial charge >= 0.3 is 0 Å². The number of aryl methyl sites for hydroxylation is 2. The van der Waals surface area contributed by atoms with E-state index in [4.69, 9.17) is 0 Å². The minimum absolute atomic E-state index is 0.00241. The Labute approximate surface area is 174 Å². The zero-order valence-electron chi connectivity index (χ0n) is 18.1. The predicted octanol–water partition coefficient (Wildman–Crippen LogP) is 5.03. The van der Waals surface area contributed by atoms with Gasteiger partial charge in [-0.1, -0.05) is 56.3 Å². The Morgan fingerprint density at radius 3 is 2.31 bits per heavy atom. The van der Waals surface area contributed by atoms with Crippen molar-refractivity contribution < 1.29 is 4.79 Å². The van der Waals surface area contributed by atoms with Crippen molar-refractivity contribution in [3.05, 3.63) is 88.7 Å². The van der Waals surface area contributed by atoms with Gasteiger partial charge < -0.3 is 5.32 Å². The Kier molecular flexibility index (Phi) is 6.21. The van der Waals surface area contributed by atoms with Crippen LogP contribution in [0.4, 0.5) is 0 Å². The standard InChI is InChI=1S/C25H31N3O/c1-18-15-20(3)28(27-18)17-21-11-13-22(14-12-21)24(29)26-19(2)16-25(4,5)23-9-7-6-8-10-23/h6-15,19H,16-17H2,1-5H3,(H,26,29)/t19-/m1/s1. The van der Waals surface area contributed by atoms with E-state index in [-0.39, 0.29) is 17.4 Å². The zero-order chi connectivity index (χ0) is 21.0. The van der Waals surface area contributed by atoms with Gasteiger partial charge in [0.1, 0.15) is 0 Å². The van der Waals surface area contributed by atoms with Gasteiger partial charge in [0.2, 0.25) is 0 Å². The van der Waals surface area contributed by atoms with Crippen molar-refractivity contribution in [2.75, 3.05) is 0 Å². The molecule has 0 unspecified atom stereocenters. The fraction of sp³-hybridized carbons (Fsp3) is 0.360. The maximum Gasteiger partial charge on any atom is 0.251 e. The summed E-state index contributed by atoms with van der Waals surface area (Å²) in [6, 6.07) is 20.4. The van der Waals surface area contributed by atoms with Gasteiger partial charge in [-0.3, -0.25) is 9.48 Å². The fourth-order valence-corrected chi connectivity index (χ4v) is 3.90. The molecule has 0 bridgehead atoms. The lowest BCUT2D eigenvalue weighted by Gasteiger charge is -2.29. The van der Waals surface area contributed by atoms with Gasteiger partial charge in [0.15, 0.2) is 0 Å². The Morgan fingerprint density at radius 1 is 1.07 bits per heavy atom. The van der Waals surface area contributed by atoms with E-state index in [0.29, 0.717) is 12.1 Å². The number of nitrogens with zero attached hydrogens (tertiary/aromatic N) is 2. The van der Waals surface area contributed by atoms with Crippen LogP contribution in [0.1, 0.15) is 60.1 Å². The molecule has 29 heavy (non-hydrogen) atoms. The molecule has 1 N–H and O–H groups in total. The maximum absolute atomic E-state index is 12.7. The zero-order valence-corrected chi connectivity index (χ0v) is 18.1. The summed E-state index contributed by atoms with van der Waals surface area (Å²) in [7, 11) is 0. The first-order chi connectivity index (χ1) is 13.7. The van der Waals surface area contributed by atoms with E-state index in [0.717, 1.165) is 23.4 Å². The highest BCUT2D eigenvalue weighted by molar-refractivity contribution is 5.94. The maximum atomic E-state index is 12.7. The average molecular weight is 390 g/mol. The molecule has 4 nitrogen and oxygen atoms in total. The highest BCUT2D eigenvalue weighted by Crippen LogP contribution is 2.28. The molecular weight excluding hydrogens is 358 g/mol. The van der Waals surface area contributed by atoms with E-state index in [9.17, 15) is 4.79 Å². The van der Waals surface area contributed by atoms with Crippen LogP contribution in [0.3, 0.4) is 0 Å². The van der Waals surface area contributed by atoms with Crippen LogP contribution in [-0.2, 0) is 12.0 Å². The summed E-state index contributed by atoms with van der Waals surface area (Å²) in [5, 5.41) is 7.65. The average Bonchev–Trinajstić information content (AvgIpc) is 2.99. The number of nitrogens with one attached hydrogen (secondary N) is 1. The molecule has 0 saturated heterocycles. The van der Waals surface area contributed by atoms with Crippen molar-refractivity contribution >= 4 is 5.91 Å². The minimum Gasteiger partial charge on any atom is -0.350 e. The summed E-state index contributed by atoms with van der Waals surface area (Å²) in [6.45, 7) is 11.3.